The summed E-state index contributed by atoms with van der Waals surface area (Å²) >= 11 is 9.95. The van der Waals surface area contributed by atoms with E-state index in [-0.39, 0.29) is 0 Å². The molecule has 20 heavy (non-hydrogen) atoms. The minimum atomic E-state index is 0.829. The zero-order valence-electron chi connectivity index (χ0n) is 10.8. The number of rotatable bonds is 1. The zero-order chi connectivity index (χ0) is 14.1. The van der Waals surface area contributed by atoms with Crippen molar-refractivity contribution in [3.8, 4) is 11.3 Å². The van der Waals surface area contributed by atoms with Crippen LogP contribution in [0.2, 0.25) is 0 Å². The van der Waals surface area contributed by atoms with Crippen molar-refractivity contribution in [3.05, 3.63) is 72.3 Å². The second-order valence-electron chi connectivity index (χ2n) is 4.62. The third-order valence-electron chi connectivity index (χ3n) is 3.16. The van der Waals surface area contributed by atoms with Crippen LogP contribution in [0.15, 0.2) is 52.3 Å². The molecule has 0 unspecified atom stereocenters. The van der Waals surface area contributed by atoms with Gasteiger partial charge in [0.25, 0.3) is 0 Å². The molecule has 4 rings (SSSR count). The molecule has 0 spiro atoms. The topological polar surface area (TPSA) is 15.8 Å². The molecule has 1 aromatic carbocycles. The largest absolute Gasteiger partial charge is 0.337 e. The number of aromatic amines is 1. The third-order valence-corrected chi connectivity index (χ3v) is 4.88. The van der Waals surface area contributed by atoms with Crippen LogP contribution >= 0.6 is 39.5 Å². The van der Waals surface area contributed by atoms with E-state index in [1.54, 1.807) is 11.3 Å². The molecule has 2 aliphatic carbocycles. The first kappa shape index (κ1) is 13.7. The van der Waals surface area contributed by atoms with Crippen LogP contribution in [0.25, 0.3) is 11.3 Å². The SMILES string of the molecule is Brc1cc2ccc1=2.Cc1ccc(-c2csc(=S)[nH]2)cc1. The van der Waals surface area contributed by atoms with Gasteiger partial charge in [-0.3, -0.25) is 0 Å². The van der Waals surface area contributed by atoms with Crippen molar-refractivity contribution >= 4 is 39.5 Å². The molecule has 0 bridgehead atoms. The molecule has 0 saturated carbocycles. The van der Waals surface area contributed by atoms with E-state index in [1.807, 2.05) is 5.38 Å². The molecule has 2 aromatic rings. The second kappa shape index (κ2) is 5.64. The predicted molar refractivity (Wildman–Crippen MR) is 91.5 cm³/mol. The maximum atomic E-state index is 5.02. The van der Waals surface area contributed by atoms with E-state index in [4.69, 9.17) is 12.2 Å². The molecular formula is C16H12BrNS2. The lowest BCUT2D eigenvalue weighted by Gasteiger charge is -2.02. The molecule has 4 heteroatoms. The lowest BCUT2D eigenvalue weighted by molar-refractivity contribution is 1.34. The number of benzene rings is 2. The average Bonchev–Trinajstić information content (AvgIpc) is 2.84. The van der Waals surface area contributed by atoms with E-state index in [1.165, 1.54) is 26.0 Å². The van der Waals surface area contributed by atoms with Crippen LogP contribution in [0.1, 0.15) is 5.56 Å². The summed E-state index contributed by atoms with van der Waals surface area (Å²) in [7, 11) is 0. The molecule has 2 aliphatic rings. The number of thiazole rings is 1. The highest BCUT2D eigenvalue weighted by atomic mass is 79.9. The normalized spacial score (nSPS) is 10.7. The van der Waals surface area contributed by atoms with Gasteiger partial charge < -0.3 is 4.98 Å². The number of hydrogen-bond donors (Lipinski definition) is 1. The molecular weight excluding hydrogens is 350 g/mol. The molecule has 0 amide bonds. The number of H-pyrrole nitrogens is 1. The summed E-state index contributed by atoms with van der Waals surface area (Å²) in [6, 6.07) is 14.7. The van der Waals surface area contributed by atoms with Crippen molar-refractivity contribution < 1.29 is 0 Å². The quantitative estimate of drug-likeness (QED) is 0.421. The summed E-state index contributed by atoms with van der Waals surface area (Å²) in [4.78, 5) is 3.15. The number of aromatic nitrogens is 1. The van der Waals surface area contributed by atoms with Crippen molar-refractivity contribution in [2.45, 2.75) is 6.92 Å². The Kier molecular flexibility index (Phi) is 3.87. The molecule has 0 aliphatic heterocycles. The highest BCUT2D eigenvalue weighted by molar-refractivity contribution is 9.10. The van der Waals surface area contributed by atoms with Crippen LogP contribution < -0.4 is 0 Å². The number of halogens is 1. The van der Waals surface area contributed by atoms with Crippen molar-refractivity contribution in [2.75, 3.05) is 0 Å². The Labute approximate surface area is 134 Å². The first-order valence-electron chi connectivity index (χ1n) is 6.18. The number of aryl methyl sites for hydroxylation is 1. The fourth-order valence-electron chi connectivity index (χ4n) is 1.90. The van der Waals surface area contributed by atoms with E-state index >= 15 is 0 Å². The maximum absolute atomic E-state index is 5.02. The van der Waals surface area contributed by atoms with Gasteiger partial charge in [0.1, 0.15) is 0 Å². The third kappa shape index (κ3) is 2.77. The summed E-state index contributed by atoms with van der Waals surface area (Å²) in [5.41, 5.74) is 3.57. The monoisotopic (exact) mass is 361 g/mol. The first-order chi connectivity index (χ1) is 9.63. The fourth-order valence-corrected chi connectivity index (χ4v) is 3.35. The van der Waals surface area contributed by atoms with Gasteiger partial charge in [0.2, 0.25) is 0 Å². The highest BCUT2D eigenvalue weighted by Crippen LogP contribution is 2.21. The van der Waals surface area contributed by atoms with Crippen LogP contribution in [0.3, 0.4) is 0 Å². The minimum absolute atomic E-state index is 0.829. The Morgan fingerprint density at radius 1 is 1.10 bits per heavy atom. The molecule has 1 aromatic heterocycles. The zero-order valence-corrected chi connectivity index (χ0v) is 14.0. The van der Waals surface area contributed by atoms with Crippen molar-refractivity contribution in [3.63, 3.8) is 0 Å². The first-order valence-corrected chi connectivity index (χ1v) is 8.26. The molecule has 1 heterocycles. The van der Waals surface area contributed by atoms with Crippen LogP contribution in [0, 0.1) is 21.3 Å². The Balaban J connectivity index is 0.000000144. The summed E-state index contributed by atoms with van der Waals surface area (Å²) in [6.45, 7) is 2.08. The number of nitrogens with one attached hydrogen (secondary N) is 1. The van der Waals surface area contributed by atoms with E-state index < -0.39 is 0 Å². The van der Waals surface area contributed by atoms with Gasteiger partial charge >= 0.3 is 0 Å². The average molecular weight is 362 g/mol. The Hall–Kier alpha value is -1.23. The van der Waals surface area contributed by atoms with Crippen LogP contribution in [0.5, 0.6) is 0 Å². The lowest BCUT2D eigenvalue weighted by Crippen LogP contribution is -1.85. The van der Waals surface area contributed by atoms with Gasteiger partial charge in [0, 0.05) is 9.85 Å². The Morgan fingerprint density at radius 3 is 2.20 bits per heavy atom. The highest BCUT2D eigenvalue weighted by Gasteiger charge is 1.99. The Morgan fingerprint density at radius 2 is 1.85 bits per heavy atom. The molecule has 1 N–H and O–H groups in total. The Bertz CT molecular complexity index is 891. The summed E-state index contributed by atoms with van der Waals surface area (Å²) in [5.74, 6) is 0. The van der Waals surface area contributed by atoms with Crippen LogP contribution in [-0.4, -0.2) is 4.98 Å². The van der Waals surface area contributed by atoms with Crippen molar-refractivity contribution in [2.24, 2.45) is 0 Å². The van der Waals surface area contributed by atoms with E-state index in [9.17, 15) is 0 Å². The van der Waals surface area contributed by atoms with Gasteiger partial charge in [0.05, 0.1) is 5.69 Å². The molecule has 1 nitrogen and oxygen atoms in total. The standard InChI is InChI=1S/C10H9NS2.C6H3Br/c1-7-2-4-8(5-3-7)9-6-13-10(12)11-9;7-6-3-4-1-2-5(4)6/h2-6H,1H3,(H,11,12);1-3H. The van der Waals surface area contributed by atoms with Crippen molar-refractivity contribution in [1.29, 1.82) is 0 Å². The minimum Gasteiger partial charge on any atom is -0.337 e. The van der Waals surface area contributed by atoms with E-state index in [2.05, 4.69) is 70.3 Å². The van der Waals surface area contributed by atoms with E-state index in [0.717, 1.165) is 9.65 Å². The van der Waals surface area contributed by atoms with Gasteiger partial charge in [-0.25, -0.2) is 0 Å². The van der Waals surface area contributed by atoms with Gasteiger partial charge in [-0.2, -0.15) is 0 Å². The number of hydrogen-bond acceptors (Lipinski definition) is 2. The molecule has 0 fully saturated rings. The lowest BCUT2D eigenvalue weighted by atomic mass is 10.1. The van der Waals surface area contributed by atoms with E-state index in [0.29, 0.717) is 0 Å². The van der Waals surface area contributed by atoms with Gasteiger partial charge in [0.15, 0.2) is 3.95 Å². The summed E-state index contributed by atoms with van der Waals surface area (Å²) < 4.78 is 2.08. The van der Waals surface area contributed by atoms with Crippen molar-refractivity contribution in [1.82, 2.24) is 4.98 Å². The maximum Gasteiger partial charge on any atom is 0.158 e. The van der Waals surface area contributed by atoms with Gasteiger partial charge in [-0.1, -0.05) is 57.9 Å². The molecule has 0 radical (unpaired) electrons. The molecule has 0 atom stereocenters. The van der Waals surface area contributed by atoms with Gasteiger partial charge in [-0.15, -0.1) is 11.3 Å². The summed E-state index contributed by atoms with van der Waals surface area (Å²) in [6.07, 6.45) is 0. The smallest absolute Gasteiger partial charge is 0.158 e. The molecule has 100 valence electrons. The summed E-state index contributed by atoms with van der Waals surface area (Å²) in [5, 5.41) is 4.83. The van der Waals surface area contributed by atoms with Crippen LogP contribution in [0.4, 0.5) is 0 Å². The fraction of sp³-hybridized carbons (Fsp3) is 0.0625. The molecule has 0 saturated heterocycles. The second-order valence-corrected chi connectivity index (χ2v) is 7.02. The van der Waals surface area contributed by atoms with Gasteiger partial charge in [-0.05, 0) is 41.2 Å². The van der Waals surface area contributed by atoms with Crippen LogP contribution in [-0.2, 0) is 0 Å². The predicted octanol–water partition coefficient (Wildman–Crippen LogP) is 5.83.